The Kier molecular flexibility index (Phi) is 6.23. The van der Waals surface area contributed by atoms with Gasteiger partial charge in [0.25, 0.3) is 0 Å². The van der Waals surface area contributed by atoms with Crippen molar-refractivity contribution in [2.75, 3.05) is 14.2 Å². The number of hydrogen-bond acceptors (Lipinski definition) is 4. The molecule has 8 heteroatoms. The second kappa shape index (κ2) is 8.39. The summed E-state index contributed by atoms with van der Waals surface area (Å²) in [7, 11) is 3.34. The van der Waals surface area contributed by atoms with Crippen LogP contribution in [0.15, 0.2) is 54.7 Å². The van der Waals surface area contributed by atoms with Gasteiger partial charge in [-0.25, -0.2) is 4.79 Å². The van der Waals surface area contributed by atoms with Crippen molar-refractivity contribution in [3.63, 3.8) is 0 Å². The molecular weight excluding hydrogens is 363 g/mol. The van der Waals surface area contributed by atoms with Gasteiger partial charge in [-0.2, -0.15) is 13.2 Å². The molecule has 0 aliphatic carbocycles. The van der Waals surface area contributed by atoms with Crippen LogP contribution in [0, 0.1) is 0 Å². The number of hydrogen-bond donors (Lipinski definition) is 1. The molecule has 1 heterocycles. The van der Waals surface area contributed by atoms with Crippen molar-refractivity contribution in [3.8, 4) is 22.6 Å². The predicted molar refractivity (Wildman–Crippen MR) is 94.0 cm³/mol. The highest BCUT2D eigenvalue weighted by atomic mass is 19.4. The molecule has 27 heavy (non-hydrogen) atoms. The average molecular weight is 379 g/mol. The third kappa shape index (κ3) is 5.10. The van der Waals surface area contributed by atoms with Crippen LogP contribution < -0.4 is 9.47 Å². The van der Waals surface area contributed by atoms with Crippen molar-refractivity contribution in [2.45, 2.75) is 6.18 Å². The van der Waals surface area contributed by atoms with Gasteiger partial charge >= 0.3 is 12.1 Å². The van der Waals surface area contributed by atoms with Gasteiger partial charge < -0.3 is 14.6 Å². The fourth-order valence-corrected chi connectivity index (χ4v) is 2.28. The topological polar surface area (TPSA) is 68.7 Å². The van der Waals surface area contributed by atoms with E-state index in [0.717, 1.165) is 33.5 Å². The van der Waals surface area contributed by atoms with Crippen LogP contribution in [0.1, 0.15) is 0 Å². The van der Waals surface area contributed by atoms with E-state index in [1.165, 1.54) is 0 Å². The van der Waals surface area contributed by atoms with Crippen LogP contribution in [-0.4, -0.2) is 36.5 Å². The minimum absolute atomic E-state index is 0.812. The first kappa shape index (κ1) is 20.0. The van der Waals surface area contributed by atoms with E-state index < -0.39 is 12.1 Å². The molecule has 3 rings (SSSR count). The maximum Gasteiger partial charge on any atom is 0.490 e. The summed E-state index contributed by atoms with van der Waals surface area (Å²) in [5, 5.41) is 8.23. The molecule has 0 saturated carbocycles. The Bertz CT molecular complexity index is 942. The Morgan fingerprint density at radius 3 is 2.33 bits per heavy atom. The molecule has 0 atom stereocenters. The van der Waals surface area contributed by atoms with Crippen molar-refractivity contribution < 1.29 is 32.5 Å². The van der Waals surface area contributed by atoms with Crippen molar-refractivity contribution >= 4 is 16.9 Å². The summed E-state index contributed by atoms with van der Waals surface area (Å²) in [6.45, 7) is 0. The Morgan fingerprint density at radius 1 is 1.04 bits per heavy atom. The highest BCUT2D eigenvalue weighted by molar-refractivity contribution is 5.86. The number of aromatic nitrogens is 1. The minimum Gasteiger partial charge on any atom is -0.497 e. The number of methoxy groups -OCH3 is 2. The van der Waals surface area contributed by atoms with Gasteiger partial charge in [-0.1, -0.05) is 12.1 Å². The van der Waals surface area contributed by atoms with Crippen LogP contribution >= 0.6 is 0 Å². The summed E-state index contributed by atoms with van der Waals surface area (Å²) >= 11 is 0. The van der Waals surface area contributed by atoms with Gasteiger partial charge in [0.15, 0.2) is 0 Å². The molecule has 142 valence electrons. The molecule has 0 aliphatic heterocycles. The summed E-state index contributed by atoms with van der Waals surface area (Å²) in [5.74, 6) is -1.12. The monoisotopic (exact) mass is 379 g/mol. The van der Waals surface area contributed by atoms with Crippen LogP contribution in [-0.2, 0) is 4.79 Å². The number of nitrogens with zero attached hydrogens (tertiary/aromatic N) is 1. The summed E-state index contributed by atoms with van der Waals surface area (Å²) in [4.78, 5) is 13.2. The van der Waals surface area contributed by atoms with E-state index in [0.29, 0.717) is 0 Å². The largest absolute Gasteiger partial charge is 0.497 e. The molecule has 0 unspecified atom stereocenters. The SMILES string of the molecule is COc1ccc(OC)c(-c2ccc3ncccc3c2)c1.O=C(O)C(F)(F)F. The van der Waals surface area contributed by atoms with Gasteiger partial charge in [0.05, 0.1) is 19.7 Å². The highest BCUT2D eigenvalue weighted by Gasteiger charge is 2.38. The number of aliphatic carboxylic acids is 1. The number of alkyl halides is 3. The maximum absolute atomic E-state index is 10.6. The molecule has 0 amide bonds. The minimum atomic E-state index is -5.08. The predicted octanol–water partition coefficient (Wildman–Crippen LogP) is 4.55. The first-order valence-electron chi connectivity index (χ1n) is 7.63. The lowest BCUT2D eigenvalue weighted by Gasteiger charge is -2.11. The number of pyridine rings is 1. The number of halogens is 3. The molecule has 1 N–H and O–H groups in total. The summed E-state index contributed by atoms with van der Waals surface area (Å²) in [5.41, 5.74) is 3.08. The van der Waals surface area contributed by atoms with Gasteiger partial charge in [-0.05, 0) is 42.0 Å². The van der Waals surface area contributed by atoms with E-state index >= 15 is 0 Å². The van der Waals surface area contributed by atoms with Crippen LogP contribution in [0.25, 0.3) is 22.0 Å². The van der Waals surface area contributed by atoms with E-state index in [9.17, 15) is 13.2 Å². The number of fused-ring (bicyclic) bond motifs is 1. The van der Waals surface area contributed by atoms with Crippen LogP contribution in [0.4, 0.5) is 13.2 Å². The molecule has 0 fully saturated rings. The van der Waals surface area contributed by atoms with E-state index in [1.54, 1.807) is 20.4 Å². The zero-order valence-corrected chi connectivity index (χ0v) is 14.4. The molecule has 0 saturated heterocycles. The molecule has 2 aromatic carbocycles. The third-order valence-corrected chi connectivity index (χ3v) is 3.56. The van der Waals surface area contributed by atoms with Crippen molar-refractivity contribution in [2.24, 2.45) is 0 Å². The fraction of sp³-hybridized carbons (Fsp3) is 0.158. The average Bonchev–Trinajstić information content (AvgIpc) is 2.66. The Balaban J connectivity index is 0.000000321. The van der Waals surface area contributed by atoms with Gasteiger partial charge in [0.2, 0.25) is 0 Å². The normalized spacial score (nSPS) is 10.7. The lowest BCUT2D eigenvalue weighted by atomic mass is 10.0. The van der Waals surface area contributed by atoms with Crippen LogP contribution in [0.3, 0.4) is 0 Å². The first-order chi connectivity index (χ1) is 12.8. The van der Waals surface area contributed by atoms with Gasteiger partial charge in [-0.15, -0.1) is 0 Å². The van der Waals surface area contributed by atoms with Crippen LogP contribution in [0.5, 0.6) is 11.5 Å². The molecule has 0 aliphatic rings. The van der Waals surface area contributed by atoms with Crippen molar-refractivity contribution in [1.82, 2.24) is 4.98 Å². The lowest BCUT2D eigenvalue weighted by Crippen LogP contribution is -2.21. The second-order valence-corrected chi connectivity index (χ2v) is 5.28. The zero-order chi connectivity index (χ0) is 20.0. The fourth-order valence-electron chi connectivity index (χ4n) is 2.28. The summed E-state index contributed by atoms with van der Waals surface area (Å²) in [6, 6.07) is 16.0. The van der Waals surface area contributed by atoms with Crippen molar-refractivity contribution in [1.29, 1.82) is 0 Å². The maximum atomic E-state index is 10.6. The number of rotatable bonds is 3. The molecule has 3 aromatic rings. The third-order valence-electron chi connectivity index (χ3n) is 3.56. The van der Waals surface area contributed by atoms with Gasteiger partial charge in [-0.3, -0.25) is 4.98 Å². The number of carbonyl (C=O) groups is 1. The van der Waals surface area contributed by atoms with E-state index in [2.05, 4.69) is 17.1 Å². The lowest BCUT2D eigenvalue weighted by molar-refractivity contribution is -0.192. The molecular formula is C19H16F3NO4. The molecule has 0 radical (unpaired) electrons. The van der Waals surface area contributed by atoms with Crippen molar-refractivity contribution in [3.05, 3.63) is 54.7 Å². The zero-order valence-electron chi connectivity index (χ0n) is 14.4. The Labute approximate surface area is 153 Å². The molecule has 0 bridgehead atoms. The highest BCUT2D eigenvalue weighted by Crippen LogP contribution is 2.34. The molecule has 5 nitrogen and oxygen atoms in total. The van der Waals surface area contributed by atoms with Crippen LogP contribution in [0.2, 0.25) is 0 Å². The first-order valence-corrected chi connectivity index (χ1v) is 7.63. The standard InChI is InChI=1S/C17H15NO2.C2HF3O2/c1-19-14-6-8-17(20-2)15(11-14)12-5-7-16-13(10-12)4-3-9-18-16;3-2(4,5)1(6)7/h3-11H,1-2H3;(H,6,7). The van der Waals surface area contributed by atoms with E-state index in [1.807, 2.05) is 36.4 Å². The number of ether oxygens (including phenoxy) is 2. The summed E-state index contributed by atoms with van der Waals surface area (Å²) < 4.78 is 42.5. The van der Waals surface area contributed by atoms with E-state index in [4.69, 9.17) is 19.4 Å². The summed E-state index contributed by atoms with van der Waals surface area (Å²) in [6.07, 6.45) is -3.28. The van der Waals surface area contributed by atoms with Gasteiger partial charge in [0, 0.05) is 17.1 Å². The second-order valence-electron chi connectivity index (χ2n) is 5.28. The number of benzene rings is 2. The Hall–Kier alpha value is -3.29. The van der Waals surface area contributed by atoms with Gasteiger partial charge in [0.1, 0.15) is 11.5 Å². The quantitative estimate of drug-likeness (QED) is 0.723. The number of carboxylic acid groups (broad SMARTS) is 1. The molecule has 1 aromatic heterocycles. The molecule has 0 spiro atoms. The Morgan fingerprint density at radius 2 is 1.74 bits per heavy atom. The van der Waals surface area contributed by atoms with E-state index in [-0.39, 0.29) is 0 Å². The number of carboxylic acids is 1. The smallest absolute Gasteiger partial charge is 0.490 e.